The number of amides is 1. The Morgan fingerprint density at radius 2 is 1.58 bits per heavy atom. The first-order chi connectivity index (χ1) is 17.2. The van der Waals surface area contributed by atoms with E-state index in [2.05, 4.69) is 16.3 Å². The van der Waals surface area contributed by atoms with Gasteiger partial charge in [0, 0.05) is 6.04 Å². The molecular formula is C28H36AsF3N2O2. The van der Waals surface area contributed by atoms with E-state index in [4.69, 9.17) is 4.74 Å². The van der Waals surface area contributed by atoms with E-state index in [1.54, 1.807) is 0 Å². The molecule has 1 aliphatic carbocycles. The molecule has 2 aromatic rings. The average Bonchev–Trinajstić information content (AvgIpc) is 3.41. The molecular weight excluding hydrogens is 528 g/mol. The van der Waals surface area contributed by atoms with E-state index in [0.717, 1.165) is 55.5 Å². The SMILES string of the molecule is C[As](C)CCC(Oc1ccc(C(F)(F)F)cc1)c1ccc(C(=O)N2CCN(C3CCCC3)CC2)cc1. The third-order valence-electron chi connectivity index (χ3n) is 7.27. The minimum absolute atomic E-state index is 0.0581. The fraction of sp³-hybridized carbons (Fsp3) is 0.536. The fourth-order valence-electron chi connectivity index (χ4n) is 5.14. The third-order valence-corrected chi connectivity index (χ3v) is 9.69. The molecule has 2 aliphatic rings. The second kappa shape index (κ2) is 12.0. The summed E-state index contributed by atoms with van der Waals surface area (Å²) in [6.45, 7) is 3.40. The number of nitrogens with zero attached hydrogens (tertiary/aromatic N) is 2. The number of halogens is 3. The van der Waals surface area contributed by atoms with E-state index in [0.29, 0.717) is 17.4 Å². The van der Waals surface area contributed by atoms with Gasteiger partial charge in [0.05, 0.1) is 0 Å². The van der Waals surface area contributed by atoms with Crippen LogP contribution >= 0.6 is 0 Å². The van der Waals surface area contributed by atoms with Crippen molar-refractivity contribution in [2.24, 2.45) is 0 Å². The molecule has 4 nitrogen and oxygen atoms in total. The zero-order valence-corrected chi connectivity index (χ0v) is 23.0. The van der Waals surface area contributed by atoms with Crippen LogP contribution in [0, 0.1) is 0 Å². The van der Waals surface area contributed by atoms with Crippen LogP contribution in [0.5, 0.6) is 5.75 Å². The van der Waals surface area contributed by atoms with Crippen LogP contribution in [0.4, 0.5) is 13.2 Å². The molecule has 0 N–H and O–H groups in total. The Balaban J connectivity index is 1.40. The number of rotatable bonds is 8. The Bertz CT molecular complexity index is 981. The summed E-state index contributed by atoms with van der Waals surface area (Å²) in [5.74, 6) is 0.474. The van der Waals surface area contributed by atoms with Crippen molar-refractivity contribution in [3.05, 3.63) is 65.2 Å². The van der Waals surface area contributed by atoms with Crippen LogP contribution in [0.15, 0.2) is 48.5 Å². The zero-order chi connectivity index (χ0) is 25.7. The molecule has 8 heteroatoms. The predicted molar refractivity (Wildman–Crippen MR) is 138 cm³/mol. The summed E-state index contributed by atoms with van der Waals surface area (Å²) >= 11 is -0.907. The first kappa shape index (κ1) is 27.1. The topological polar surface area (TPSA) is 32.8 Å². The van der Waals surface area contributed by atoms with Crippen LogP contribution in [0.1, 0.15) is 59.7 Å². The molecule has 1 heterocycles. The Labute approximate surface area is 217 Å². The first-order valence-corrected chi connectivity index (χ1v) is 17.9. The van der Waals surface area contributed by atoms with Crippen molar-refractivity contribution < 1.29 is 22.7 Å². The molecule has 1 aliphatic heterocycles. The molecule has 4 rings (SSSR count). The van der Waals surface area contributed by atoms with Gasteiger partial charge in [-0.1, -0.05) is 12.8 Å². The molecule has 0 spiro atoms. The quantitative estimate of drug-likeness (QED) is 0.336. The van der Waals surface area contributed by atoms with Gasteiger partial charge in [0.25, 0.3) is 0 Å². The van der Waals surface area contributed by atoms with E-state index >= 15 is 0 Å². The molecule has 36 heavy (non-hydrogen) atoms. The van der Waals surface area contributed by atoms with Gasteiger partial charge in [0.2, 0.25) is 0 Å². The molecule has 0 radical (unpaired) electrons. The number of hydrogen-bond donors (Lipinski definition) is 0. The van der Waals surface area contributed by atoms with Crippen molar-refractivity contribution in [2.45, 2.75) is 67.1 Å². The van der Waals surface area contributed by atoms with Crippen LogP contribution in [0.3, 0.4) is 0 Å². The average molecular weight is 565 g/mol. The monoisotopic (exact) mass is 564 g/mol. The van der Waals surface area contributed by atoms with E-state index in [-0.39, 0.29) is 12.0 Å². The predicted octanol–water partition coefficient (Wildman–Crippen LogP) is 6.67. The summed E-state index contributed by atoms with van der Waals surface area (Å²) in [5, 5.41) is 1.06. The molecule has 196 valence electrons. The third kappa shape index (κ3) is 7.07. The van der Waals surface area contributed by atoms with Crippen molar-refractivity contribution in [1.82, 2.24) is 9.80 Å². The summed E-state index contributed by atoms with van der Waals surface area (Å²) in [7, 11) is 0. The molecule has 0 bridgehead atoms. The van der Waals surface area contributed by atoms with Crippen LogP contribution in [0.25, 0.3) is 0 Å². The number of alkyl halides is 3. The van der Waals surface area contributed by atoms with Gasteiger partial charge in [-0.3, -0.25) is 0 Å². The first-order valence-electron chi connectivity index (χ1n) is 12.8. The zero-order valence-electron chi connectivity index (χ0n) is 21.1. The Morgan fingerprint density at radius 3 is 2.14 bits per heavy atom. The molecule has 1 saturated carbocycles. The van der Waals surface area contributed by atoms with Crippen molar-refractivity contribution in [2.75, 3.05) is 26.2 Å². The number of hydrogen-bond acceptors (Lipinski definition) is 3. The van der Waals surface area contributed by atoms with Crippen molar-refractivity contribution in [3.8, 4) is 5.75 Å². The number of benzene rings is 2. The summed E-state index contributed by atoms with van der Waals surface area (Å²) in [6.07, 6.45) is 1.36. The maximum atomic E-state index is 13.1. The van der Waals surface area contributed by atoms with Gasteiger partial charge in [-0.05, 0) is 12.8 Å². The van der Waals surface area contributed by atoms with Gasteiger partial charge in [0.15, 0.2) is 0 Å². The normalized spacial score (nSPS) is 18.6. The molecule has 1 unspecified atom stereocenters. The van der Waals surface area contributed by atoms with Gasteiger partial charge in [-0.15, -0.1) is 0 Å². The summed E-state index contributed by atoms with van der Waals surface area (Å²) < 4.78 is 44.9. The number of carbonyl (C=O) groups is 1. The molecule has 1 atom stereocenters. The van der Waals surface area contributed by atoms with Crippen LogP contribution in [-0.4, -0.2) is 62.6 Å². The Morgan fingerprint density at radius 1 is 0.972 bits per heavy atom. The van der Waals surface area contributed by atoms with Gasteiger partial charge >= 0.3 is 186 Å². The number of piperazine rings is 1. The molecule has 1 amide bonds. The standard InChI is InChI=1S/C28H36AsF3N2O2/c1-29(2)16-15-26(36-25-13-11-23(12-14-25)28(30,31)32)21-7-9-22(10-8-21)27(35)34-19-17-33(18-20-34)24-5-3-4-6-24/h7-14,24,26H,3-6,15-20H2,1-2H3. The second-order valence-corrected chi connectivity index (χ2v) is 15.6. The van der Waals surface area contributed by atoms with Crippen LogP contribution < -0.4 is 4.74 Å². The van der Waals surface area contributed by atoms with Crippen LogP contribution in [-0.2, 0) is 6.18 Å². The maximum absolute atomic E-state index is 13.1. The summed E-state index contributed by atoms with van der Waals surface area (Å²) in [4.78, 5) is 17.6. The molecule has 2 fully saturated rings. The molecule has 0 aromatic heterocycles. The van der Waals surface area contributed by atoms with E-state index in [9.17, 15) is 18.0 Å². The Kier molecular flexibility index (Phi) is 9.05. The van der Waals surface area contributed by atoms with Gasteiger partial charge < -0.3 is 0 Å². The number of carbonyl (C=O) groups excluding carboxylic acids is 1. The van der Waals surface area contributed by atoms with Gasteiger partial charge in [0.1, 0.15) is 0 Å². The van der Waals surface area contributed by atoms with Gasteiger partial charge in [-0.2, -0.15) is 0 Å². The number of ether oxygens (including phenoxy) is 1. The molecule has 1 saturated heterocycles. The Hall–Kier alpha value is -1.98. The van der Waals surface area contributed by atoms with Crippen molar-refractivity contribution in [3.63, 3.8) is 0 Å². The van der Waals surface area contributed by atoms with Crippen molar-refractivity contribution in [1.29, 1.82) is 0 Å². The fourth-order valence-corrected chi connectivity index (χ4v) is 6.71. The summed E-state index contributed by atoms with van der Waals surface area (Å²) in [6, 6.07) is 13.1. The van der Waals surface area contributed by atoms with E-state index in [1.807, 2.05) is 29.2 Å². The second-order valence-electron chi connectivity index (χ2n) is 10.1. The van der Waals surface area contributed by atoms with Crippen molar-refractivity contribution >= 4 is 20.6 Å². The van der Waals surface area contributed by atoms with E-state index in [1.165, 1.54) is 37.8 Å². The van der Waals surface area contributed by atoms with Crippen LogP contribution in [0.2, 0.25) is 16.6 Å². The van der Waals surface area contributed by atoms with E-state index < -0.39 is 26.4 Å². The summed E-state index contributed by atoms with van der Waals surface area (Å²) in [5.41, 5.74) is 5.47. The molecule has 2 aromatic carbocycles. The minimum atomic E-state index is -4.37. The van der Waals surface area contributed by atoms with Gasteiger partial charge in [-0.25, -0.2) is 0 Å².